The van der Waals surface area contributed by atoms with Crippen LogP contribution in [0.4, 0.5) is 4.39 Å². The van der Waals surface area contributed by atoms with E-state index < -0.39 is 7.14 Å². The summed E-state index contributed by atoms with van der Waals surface area (Å²) in [7, 11) is -2.69. The number of hydrogen-bond acceptors (Lipinski definition) is 2. The molecule has 1 fully saturated rings. The van der Waals surface area contributed by atoms with Crippen LogP contribution in [0.25, 0.3) is 22.4 Å². The summed E-state index contributed by atoms with van der Waals surface area (Å²) in [5.41, 5.74) is 9.15. The third-order valence-corrected chi connectivity index (χ3v) is 9.75. The summed E-state index contributed by atoms with van der Waals surface area (Å²) in [6, 6.07) is 25.3. The number of aromatic nitrogens is 1. The Morgan fingerprint density at radius 3 is 2.37 bits per heavy atom. The summed E-state index contributed by atoms with van der Waals surface area (Å²) in [6.07, 6.45) is 5.65. The highest BCUT2D eigenvalue weighted by molar-refractivity contribution is 7.70. The molecule has 1 unspecified atom stereocenters. The zero-order chi connectivity index (χ0) is 24.0. The van der Waals surface area contributed by atoms with Gasteiger partial charge in [-0.15, -0.1) is 0 Å². The van der Waals surface area contributed by atoms with Gasteiger partial charge in [-0.3, -0.25) is 4.98 Å². The molecule has 0 N–H and O–H groups in total. The van der Waals surface area contributed by atoms with Crippen LogP contribution in [0.2, 0.25) is 0 Å². The van der Waals surface area contributed by atoms with E-state index in [-0.39, 0.29) is 5.82 Å². The number of nitrogens with zero attached hydrogens (tertiary/aromatic N) is 1. The van der Waals surface area contributed by atoms with Crippen molar-refractivity contribution >= 4 is 12.4 Å². The van der Waals surface area contributed by atoms with Gasteiger partial charge in [-0.2, -0.15) is 0 Å². The predicted molar refractivity (Wildman–Crippen MR) is 142 cm³/mol. The van der Waals surface area contributed by atoms with E-state index in [1.807, 2.05) is 49.1 Å². The lowest BCUT2D eigenvalue weighted by Crippen LogP contribution is -2.11. The first kappa shape index (κ1) is 22.4. The smallest absolute Gasteiger partial charge is 0.123 e. The summed E-state index contributed by atoms with van der Waals surface area (Å²) < 4.78 is 28.1. The highest BCUT2D eigenvalue weighted by Crippen LogP contribution is 2.52. The predicted octanol–water partition coefficient (Wildman–Crippen LogP) is 7.74. The van der Waals surface area contributed by atoms with Crippen molar-refractivity contribution in [3.8, 4) is 22.4 Å². The molecule has 1 saturated carbocycles. The second kappa shape index (κ2) is 8.88. The first-order valence-corrected chi connectivity index (χ1v) is 14.9. The molecule has 1 aromatic heterocycles. The normalized spacial score (nSPS) is 16.6. The second-order valence-corrected chi connectivity index (χ2v) is 13.1. The molecule has 2 aliphatic carbocycles. The van der Waals surface area contributed by atoms with Crippen LogP contribution >= 0.6 is 7.14 Å². The maximum atomic E-state index is 14.2. The summed E-state index contributed by atoms with van der Waals surface area (Å²) in [5.74, 6) is 0.161. The highest BCUT2D eigenvalue weighted by Gasteiger charge is 2.35. The Morgan fingerprint density at radius 2 is 1.63 bits per heavy atom. The number of rotatable bonds is 5. The van der Waals surface area contributed by atoms with Gasteiger partial charge in [0.15, 0.2) is 0 Å². The molecule has 3 aromatic carbocycles. The Bertz CT molecular complexity index is 1440. The maximum absolute atomic E-state index is 14.2. The molecule has 2 nitrogen and oxygen atoms in total. The van der Waals surface area contributed by atoms with Crippen molar-refractivity contribution in [2.24, 2.45) is 0 Å². The van der Waals surface area contributed by atoms with Crippen molar-refractivity contribution in [2.75, 3.05) is 6.66 Å². The molecule has 0 bridgehead atoms. The van der Waals surface area contributed by atoms with Crippen molar-refractivity contribution < 1.29 is 8.96 Å². The molecule has 0 radical (unpaired) electrons. The molecule has 4 aromatic rings. The Hall–Kier alpha value is -3.03. The first-order valence-electron chi connectivity index (χ1n) is 12.5. The lowest BCUT2D eigenvalue weighted by Gasteiger charge is -2.24. The Balaban J connectivity index is 1.63. The van der Waals surface area contributed by atoms with Crippen LogP contribution in [0.15, 0.2) is 78.9 Å². The van der Waals surface area contributed by atoms with Gasteiger partial charge in [-0.1, -0.05) is 66.7 Å². The third-order valence-electron chi connectivity index (χ3n) is 7.44. The summed E-state index contributed by atoms with van der Waals surface area (Å²) >= 11 is 0. The van der Waals surface area contributed by atoms with E-state index in [1.54, 1.807) is 0 Å². The van der Waals surface area contributed by atoms with Gasteiger partial charge in [0.2, 0.25) is 0 Å². The molecule has 6 rings (SSSR count). The van der Waals surface area contributed by atoms with Gasteiger partial charge in [0, 0.05) is 28.6 Å². The van der Waals surface area contributed by atoms with Gasteiger partial charge in [-0.25, -0.2) is 4.39 Å². The van der Waals surface area contributed by atoms with Crippen molar-refractivity contribution in [1.29, 1.82) is 0 Å². The monoisotopic (exact) mass is 481 g/mol. The summed E-state index contributed by atoms with van der Waals surface area (Å²) in [4.78, 5) is 5.36. The molecule has 1 heterocycles. The summed E-state index contributed by atoms with van der Waals surface area (Å²) in [6.45, 7) is 1.90. The van der Waals surface area contributed by atoms with Gasteiger partial charge in [0.05, 0.1) is 5.69 Å². The topological polar surface area (TPSA) is 30.0 Å². The number of halogens is 1. The molecule has 176 valence electrons. The van der Waals surface area contributed by atoms with E-state index in [0.29, 0.717) is 12.1 Å². The van der Waals surface area contributed by atoms with Gasteiger partial charge in [-0.05, 0) is 78.7 Å². The minimum Gasteiger partial charge on any atom is -0.319 e. The molecule has 4 heteroatoms. The van der Waals surface area contributed by atoms with Gasteiger partial charge in [0.25, 0.3) is 0 Å². The largest absolute Gasteiger partial charge is 0.319 e. The maximum Gasteiger partial charge on any atom is 0.123 e. The first-order chi connectivity index (χ1) is 17.0. The second-order valence-electron chi connectivity index (χ2n) is 10.1. The quantitative estimate of drug-likeness (QED) is 0.273. The molecule has 2 aliphatic rings. The van der Waals surface area contributed by atoms with Gasteiger partial charge >= 0.3 is 0 Å². The van der Waals surface area contributed by atoms with E-state index in [9.17, 15) is 8.96 Å². The third kappa shape index (κ3) is 4.28. The standard InChI is InChI=1S/C31H29FNOP/c1-35(34,25-10-3-2-4-11-25)20-28-29(22-16-18-24(32)19-17-22)27-13-7-9-21-8-5-6-12-26(21)31(27)33-30(28)23-14-15-23/h2-6,8,10-12,16-19,23H,7,9,13-15,20H2,1H3. The van der Waals surface area contributed by atoms with E-state index in [4.69, 9.17) is 4.98 Å². The van der Waals surface area contributed by atoms with E-state index in [1.165, 1.54) is 28.8 Å². The van der Waals surface area contributed by atoms with Crippen molar-refractivity contribution in [3.05, 3.63) is 107 Å². The van der Waals surface area contributed by atoms with Gasteiger partial charge in [0.1, 0.15) is 13.0 Å². The number of benzene rings is 3. The number of fused-ring (bicyclic) bond motifs is 3. The minimum absolute atomic E-state index is 0.242. The fourth-order valence-electron chi connectivity index (χ4n) is 5.53. The lowest BCUT2D eigenvalue weighted by atomic mass is 9.89. The Morgan fingerprint density at radius 1 is 0.914 bits per heavy atom. The van der Waals surface area contributed by atoms with Crippen LogP contribution in [-0.4, -0.2) is 11.6 Å². The molecule has 0 aliphatic heterocycles. The van der Waals surface area contributed by atoms with Crippen LogP contribution in [-0.2, 0) is 23.6 Å². The summed E-state index contributed by atoms with van der Waals surface area (Å²) in [5, 5.41) is 0.895. The van der Waals surface area contributed by atoms with Crippen LogP contribution in [0.5, 0.6) is 0 Å². The van der Waals surface area contributed by atoms with Crippen LogP contribution in [0.3, 0.4) is 0 Å². The SMILES string of the molecule is CP(=O)(Cc1c(C2CC2)nc2c(c1-c1ccc(F)cc1)CCCc1ccccc1-2)c1ccccc1. The Labute approximate surface area is 206 Å². The minimum atomic E-state index is -2.69. The number of hydrogen-bond donors (Lipinski definition) is 0. The zero-order valence-electron chi connectivity index (χ0n) is 20.0. The van der Waals surface area contributed by atoms with Crippen LogP contribution in [0, 0.1) is 5.82 Å². The number of aryl methyl sites for hydroxylation is 1. The molecule has 0 amide bonds. The van der Waals surface area contributed by atoms with Crippen molar-refractivity contribution in [1.82, 2.24) is 4.98 Å². The number of pyridine rings is 1. The lowest BCUT2D eigenvalue weighted by molar-refractivity contribution is 0.584. The van der Waals surface area contributed by atoms with Crippen molar-refractivity contribution in [2.45, 2.75) is 44.2 Å². The van der Waals surface area contributed by atoms with E-state index >= 15 is 0 Å². The molecular formula is C31H29FNOP. The molecule has 0 saturated heterocycles. The molecule has 1 atom stereocenters. The molecule has 35 heavy (non-hydrogen) atoms. The van der Waals surface area contributed by atoms with E-state index in [0.717, 1.165) is 65.5 Å². The van der Waals surface area contributed by atoms with Crippen LogP contribution in [0.1, 0.15) is 47.6 Å². The van der Waals surface area contributed by atoms with Crippen molar-refractivity contribution in [3.63, 3.8) is 0 Å². The zero-order valence-corrected chi connectivity index (χ0v) is 20.9. The Kier molecular flexibility index (Phi) is 5.69. The fraction of sp³-hybridized carbons (Fsp3) is 0.258. The average molecular weight is 482 g/mol. The van der Waals surface area contributed by atoms with Crippen LogP contribution < -0.4 is 5.30 Å². The average Bonchev–Trinajstić information content (AvgIpc) is 3.72. The fourth-order valence-corrected chi connectivity index (χ4v) is 7.44. The highest BCUT2D eigenvalue weighted by atomic mass is 31.2. The molecule has 0 spiro atoms. The molecular weight excluding hydrogens is 452 g/mol. The van der Waals surface area contributed by atoms with E-state index in [2.05, 4.69) is 24.3 Å². The van der Waals surface area contributed by atoms with Gasteiger partial charge < -0.3 is 4.57 Å².